The van der Waals surface area contributed by atoms with Crippen molar-refractivity contribution in [2.45, 2.75) is 80.1 Å². The topological polar surface area (TPSA) is 433 Å². The molecule has 0 bridgehead atoms. The van der Waals surface area contributed by atoms with Crippen LogP contribution in [-0.4, -0.2) is 88.7 Å². The summed E-state index contributed by atoms with van der Waals surface area (Å²) in [5, 5.41) is 0. The molecule has 0 aliphatic carbocycles. The maximum atomic E-state index is 8.49. The molecule has 0 unspecified atom stereocenters. The summed E-state index contributed by atoms with van der Waals surface area (Å²) in [5.41, 5.74) is 14.9. The summed E-state index contributed by atoms with van der Waals surface area (Å²) >= 11 is 20.5. The Bertz CT molecular complexity index is 2810. The molecule has 100 heavy (non-hydrogen) atoms. The van der Waals surface area contributed by atoms with Crippen LogP contribution < -0.4 is 74.5 Å². The fourth-order valence-corrected chi connectivity index (χ4v) is 9.56. The van der Waals surface area contributed by atoms with E-state index >= 15 is 0 Å². The minimum absolute atomic E-state index is 0. The summed E-state index contributed by atoms with van der Waals surface area (Å²) < 4.78 is 136. The first-order chi connectivity index (χ1) is 45.1. The number of halogens is 4. The Kier molecular flexibility index (Phi) is 61.6. The van der Waals surface area contributed by atoms with Crippen molar-refractivity contribution in [2.24, 2.45) is 0 Å². The molecule has 0 aliphatic heterocycles. The average molecular weight is 1740 g/mol. The van der Waals surface area contributed by atoms with Gasteiger partial charge in [0.05, 0.1) is 22.8 Å². The summed E-state index contributed by atoms with van der Waals surface area (Å²) in [4.78, 5) is 26.9. The Morgan fingerprint density at radius 3 is 0.560 bits per heavy atom. The molecule has 0 saturated carbocycles. The molecule has 0 atom stereocenters. The van der Waals surface area contributed by atoms with Crippen LogP contribution in [0.1, 0.15) is 67.3 Å². The molecule has 0 fully saturated rings. The summed E-state index contributed by atoms with van der Waals surface area (Å²) in [6, 6.07) is 58.7. The normalized spacial score (nSPS) is 10.7. The SMILES string of the molecule is Cc1cccc(CN(CC[S-])Cc2ccccn2)c1.Cc1cccc(CN(CC[S-])Cc2ccccn2)c1.Cc1cccc(CN(CC[S-])Cc2ccccn2)c1.Cc1cccc(CN(CC[S-])Cc2ccccn2)c1.[Cu+2].[Cu+2].[Cu+2].[Cu+2].[O-][Cl+3]([O-])([O-])[O-].[O-][Cl+3]([O-])([O-])[O-].[O-][Cl+3]([O-])([O-])[O-].[O-][Cl+3]([O-])([O-])[O-]. The van der Waals surface area contributed by atoms with Gasteiger partial charge in [0, 0.05) is 77.1 Å². The van der Waals surface area contributed by atoms with E-state index in [0.717, 1.165) is 124 Å². The number of rotatable bonds is 24. The number of nitrogens with zero attached hydrogens (tertiary/aromatic N) is 8. The van der Waals surface area contributed by atoms with Crippen LogP contribution in [0, 0.1) is 68.7 Å². The van der Waals surface area contributed by atoms with Crippen molar-refractivity contribution in [1.29, 1.82) is 0 Å². The van der Waals surface area contributed by atoms with Gasteiger partial charge in [-0.25, -0.2) is 74.5 Å². The van der Waals surface area contributed by atoms with Crippen LogP contribution in [-0.2, 0) is 171 Å². The van der Waals surface area contributed by atoms with Crippen molar-refractivity contribution in [3.8, 4) is 0 Å². The van der Waals surface area contributed by atoms with E-state index in [1.165, 1.54) is 44.5 Å². The Morgan fingerprint density at radius 2 is 0.430 bits per heavy atom. The summed E-state index contributed by atoms with van der Waals surface area (Å²) in [6.07, 6.45) is 7.36. The van der Waals surface area contributed by atoms with E-state index in [4.69, 9.17) is 125 Å². The zero-order chi connectivity index (χ0) is 72.0. The van der Waals surface area contributed by atoms with Gasteiger partial charge in [-0.2, -0.15) is 23.0 Å². The largest absolute Gasteiger partial charge is 2.00 e. The third kappa shape index (κ3) is 66.0. The van der Waals surface area contributed by atoms with Crippen molar-refractivity contribution in [3.05, 3.63) is 262 Å². The number of aryl methyl sites for hydroxylation is 4. The maximum Gasteiger partial charge on any atom is 2.00 e. The van der Waals surface area contributed by atoms with Gasteiger partial charge in [-0.3, -0.25) is 39.5 Å². The van der Waals surface area contributed by atoms with Crippen LogP contribution in [0.25, 0.3) is 0 Å². The maximum absolute atomic E-state index is 8.49. The second-order valence-corrected chi connectivity index (χ2v) is 25.1. The molecule has 0 N–H and O–H groups in total. The Balaban J connectivity index is -0.000000555. The first-order valence-electron chi connectivity index (χ1n) is 28.6. The Morgan fingerprint density at radius 1 is 0.260 bits per heavy atom. The Hall–Kier alpha value is -2.68. The monoisotopic (exact) mass is 1730 g/mol. The molecule has 8 rings (SSSR count). The van der Waals surface area contributed by atoms with Gasteiger partial charge in [0.2, 0.25) is 0 Å². The van der Waals surface area contributed by atoms with E-state index in [2.05, 4.69) is 189 Å². The molecule has 4 radical (unpaired) electrons. The summed E-state index contributed by atoms with van der Waals surface area (Å²) in [5.74, 6) is 2.99. The van der Waals surface area contributed by atoms with Crippen LogP contribution >= 0.6 is 0 Å². The van der Waals surface area contributed by atoms with Gasteiger partial charge in [0.15, 0.2) is 0 Å². The van der Waals surface area contributed by atoms with Crippen molar-refractivity contribution in [3.63, 3.8) is 0 Å². The summed E-state index contributed by atoms with van der Waals surface area (Å²) in [6.45, 7) is 19.3. The second-order valence-electron chi connectivity index (χ2n) is 20.4. The molecule has 24 nitrogen and oxygen atoms in total. The molecule has 0 saturated heterocycles. The average Bonchev–Trinajstić information content (AvgIpc) is 0.911. The van der Waals surface area contributed by atoms with Gasteiger partial charge in [0.25, 0.3) is 0 Å². The molecular weight excluding hydrogens is 1660 g/mol. The van der Waals surface area contributed by atoms with Crippen LogP contribution in [0.4, 0.5) is 0 Å². The zero-order valence-electron chi connectivity index (χ0n) is 54.2. The second kappa shape index (κ2) is 59.5. The molecule has 4 heterocycles. The van der Waals surface area contributed by atoms with Crippen LogP contribution in [0.5, 0.6) is 0 Å². The van der Waals surface area contributed by atoms with E-state index in [1.807, 2.05) is 73.3 Å². The molecule has 0 spiro atoms. The van der Waals surface area contributed by atoms with Crippen LogP contribution in [0.3, 0.4) is 0 Å². The summed E-state index contributed by atoms with van der Waals surface area (Å²) in [7, 11) is -19.8. The quantitative estimate of drug-likeness (QED) is 0.0401. The Labute approximate surface area is 659 Å². The molecule has 4 aromatic heterocycles. The van der Waals surface area contributed by atoms with E-state index in [-0.39, 0.29) is 68.3 Å². The minimum Gasteiger partial charge on any atom is -0.791 e. The number of hydrogen-bond acceptors (Lipinski definition) is 28. The number of hydrogen-bond donors (Lipinski definition) is 0. The number of pyridine rings is 4. The molecular formula is C64H76Cl4Cu4N8O16S4. The van der Waals surface area contributed by atoms with Crippen molar-refractivity contribution in [2.75, 3.05) is 49.2 Å². The standard InChI is InChI=1S/4C16H20N2S.4ClHO4.4Cu/c4*1-14-5-4-6-15(11-14)12-18(9-10-19)13-16-7-2-3-8-17-16;4*2-1(3,4)5;;;;/h4*2-8,11,19H,9-10,12-13H2,1H3;4*(H,2,3,4,5);;;;/q;;;;;;;;4*+2/p-8. The van der Waals surface area contributed by atoms with E-state index < -0.39 is 41.0 Å². The molecule has 4 aromatic carbocycles. The van der Waals surface area contributed by atoms with E-state index in [9.17, 15) is 0 Å². The zero-order valence-corrected chi connectivity index (χ0v) is 64.3. The molecule has 8 aromatic rings. The van der Waals surface area contributed by atoms with Crippen molar-refractivity contribution >= 4 is 50.5 Å². The van der Waals surface area contributed by atoms with Crippen LogP contribution in [0.2, 0.25) is 0 Å². The molecule has 0 amide bonds. The van der Waals surface area contributed by atoms with Gasteiger partial charge >= 0.3 is 68.3 Å². The molecule has 0 aliphatic rings. The van der Waals surface area contributed by atoms with Gasteiger partial charge in [-0.1, -0.05) is 144 Å². The predicted octanol–water partition coefficient (Wildman–Crippen LogP) is -7.28. The fraction of sp³-hybridized carbons (Fsp3) is 0.312. The molecule has 564 valence electrons. The van der Waals surface area contributed by atoms with Gasteiger partial charge in [0.1, 0.15) is 0 Å². The number of benzene rings is 4. The van der Waals surface area contributed by atoms with Crippen molar-refractivity contribution in [1.82, 2.24) is 39.5 Å². The van der Waals surface area contributed by atoms with Gasteiger partial charge in [-0.05, 0) is 125 Å². The van der Waals surface area contributed by atoms with Crippen LogP contribution in [0.15, 0.2) is 195 Å². The fourth-order valence-electron chi connectivity index (χ4n) is 8.53. The smallest absolute Gasteiger partial charge is 0.791 e. The third-order valence-electron chi connectivity index (χ3n) is 12.0. The van der Waals surface area contributed by atoms with E-state index in [1.54, 1.807) is 0 Å². The predicted molar refractivity (Wildman–Crippen MR) is 327 cm³/mol. The number of aromatic nitrogens is 4. The molecule has 36 heteroatoms. The van der Waals surface area contributed by atoms with Crippen molar-refractivity contribution < 1.29 is 184 Å². The van der Waals surface area contributed by atoms with Gasteiger partial charge < -0.3 is 50.5 Å². The third-order valence-corrected chi connectivity index (χ3v) is 12.8. The van der Waals surface area contributed by atoms with Gasteiger partial charge in [-0.15, -0.1) is 41.0 Å². The first-order valence-corrected chi connectivity index (χ1v) is 35.9. The first kappa shape index (κ1) is 104. The van der Waals surface area contributed by atoms with E-state index in [0.29, 0.717) is 0 Å². The minimum atomic E-state index is -4.94.